The molecule has 0 saturated carbocycles. The third-order valence-electron chi connectivity index (χ3n) is 2.59. The number of imidazole rings is 1. The highest BCUT2D eigenvalue weighted by Crippen LogP contribution is 2.14. The Morgan fingerprint density at radius 3 is 3.00 bits per heavy atom. The van der Waals surface area contributed by atoms with Gasteiger partial charge in [-0.2, -0.15) is 0 Å². The lowest BCUT2D eigenvalue weighted by Crippen LogP contribution is -2.04. The lowest BCUT2D eigenvalue weighted by atomic mass is 10.2. The van der Waals surface area contributed by atoms with E-state index in [0.717, 1.165) is 17.0 Å². The van der Waals surface area contributed by atoms with Crippen molar-refractivity contribution in [2.45, 2.75) is 13.2 Å². The van der Waals surface area contributed by atoms with Crippen LogP contribution in [0.5, 0.6) is 5.75 Å². The molecular weight excluding hydrogens is 236 g/mol. The Bertz CT molecular complexity index is 560. The molecule has 0 fully saturated rings. The maximum absolute atomic E-state index is 9.20. The standard InChI is InChI=1S/C12H14N2O2S/c1-16-11-4-2-3-9(5-11)7-14-10(8-15)6-13-12(14)17/h2-6,15H,7-8H2,1H3,(H,13,17). The molecule has 1 aromatic carbocycles. The van der Waals surface area contributed by atoms with Crippen molar-refractivity contribution in [1.82, 2.24) is 9.55 Å². The van der Waals surface area contributed by atoms with Gasteiger partial charge in [0.15, 0.2) is 4.77 Å². The number of rotatable bonds is 4. The maximum atomic E-state index is 9.20. The number of aliphatic hydroxyl groups excluding tert-OH is 1. The van der Waals surface area contributed by atoms with Crippen LogP contribution >= 0.6 is 12.2 Å². The maximum Gasteiger partial charge on any atom is 0.177 e. The van der Waals surface area contributed by atoms with Crippen molar-refractivity contribution in [1.29, 1.82) is 0 Å². The zero-order valence-corrected chi connectivity index (χ0v) is 10.3. The van der Waals surface area contributed by atoms with Crippen molar-refractivity contribution < 1.29 is 9.84 Å². The number of methoxy groups -OCH3 is 1. The van der Waals surface area contributed by atoms with E-state index in [0.29, 0.717) is 11.3 Å². The quantitative estimate of drug-likeness (QED) is 0.817. The van der Waals surface area contributed by atoms with E-state index in [2.05, 4.69) is 4.98 Å². The number of ether oxygens (including phenoxy) is 1. The number of nitrogens with one attached hydrogen (secondary N) is 1. The number of hydrogen-bond donors (Lipinski definition) is 2. The first-order valence-electron chi connectivity index (χ1n) is 5.25. The predicted octanol–water partition coefficient (Wildman–Crippen LogP) is 2.09. The third-order valence-corrected chi connectivity index (χ3v) is 2.93. The van der Waals surface area contributed by atoms with E-state index >= 15 is 0 Å². The second-order valence-corrected chi connectivity index (χ2v) is 4.07. The van der Waals surface area contributed by atoms with Crippen molar-refractivity contribution >= 4 is 12.2 Å². The lowest BCUT2D eigenvalue weighted by Gasteiger charge is -2.08. The zero-order valence-electron chi connectivity index (χ0n) is 9.51. The summed E-state index contributed by atoms with van der Waals surface area (Å²) in [6, 6.07) is 7.78. The summed E-state index contributed by atoms with van der Waals surface area (Å²) in [5, 5.41) is 9.20. The van der Waals surface area contributed by atoms with Crippen LogP contribution in [0.25, 0.3) is 0 Å². The molecule has 0 saturated heterocycles. The van der Waals surface area contributed by atoms with Gasteiger partial charge in [0, 0.05) is 6.20 Å². The van der Waals surface area contributed by atoms with E-state index in [1.54, 1.807) is 13.3 Å². The summed E-state index contributed by atoms with van der Waals surface area (Å²) in [6.07, 6.45) is 1.72. The first-order valence-corrected chi connectivity index (χ1v) is 5.66. The van der Waals surface area contributed by atoms with Crippen LogP contribution in [-0.2, 0) is 13.2 Å². The van der Waals surface area contributed by atoms with Gasteiger partial charge in [-0.1, -0.05) is 12.1 Å². The molecule has 0 spiro atoms. The van der Waals surface area contributed by atoms with Gasteiger partial charge < -0.3 is 19.4 Å². The summed E-state index contributed by atoms with van der Waals surface area (Å²) in [5.41, 5.74) is 1.85. The van der Waals surface area contributed by atoms with Crippen LogP contribution in [0.3, 0.4) is 0 Å². The van der Waals surface area contributed by atoms with Gasteiger partial charge in [0.05, 0.1) is 26.0 Å². The van der Waals surface area contributed by atoms with Crippen molar-refractivity contribution in [2.24, 2.45) is 0 Å². The van der Waals surface area contributed by atoms with Gasteiger partial charge in [-0.3, -0.25) is 0 Å². The smallest absolute Gasteiger partial charge is 0.177 e. The minimum Gasteiger partial charge on any atom is -0.497 e. The Labute approximate surface area is 104 Å². The minimum atomic E-state index is -0.0306. The van der Waals surface area contributed by atoms with Gasteiger partial charge >= 0.3 is 0 Å². The van der Waals surface area contributed by atoms with E-state index in [1.807, 2.05) is 28.8 Å². The summed E-state index contributed by atoms with van der Waals surface area (Å²) < 4.78 is 7.64. The van der Waals surface area contributed by atoms with Crippen LogP contribution in [0.2, 0.25) is 0 Å². The number of H-pyrrole nitrogens is 1. The Morgan fingerprint density at radius 1 is 1.47 bits per heavy atom. The van der Waals surface area contributed by atoms with E-state index in [1.165, 1.54) is 0 Å². The topological polar surface area (TPSA) is 50.2 Å². The minimum absolute atomic E-state index is 0.0306. The Morgan fingerprint density at radius 2 is 2.29 bits per heavy atom. The molecule has 0 aliphatic rings. The Balaban J connectivity index is 2.30. The molecule has 2 N–H and O–H groups in total. The number of hydrogen-bond acceptors (Lipinski definition) is 3. The normalized spacial score (nSPS) is 10.5. The first kappa shape index (κ1) is 11.9. The highest BCUT2D eigenvalue weighted by Gasteiger charge is 2.04. The van der Waals surface area contributed by atoms with E-state index < -0.39 is 0 Å². The van der Waals surface area contributed by atoms with Crippen LogP contribution in [-0.4, -0.2) is 21.8 Å². The number of aliphatic hydroxyl groups is 1. The molecule has 0 radical (unpaired) electrons. The van der Waals surface area contributed by atoms with Crippen molar-refractivity contribution in [3.63, 3.8) is 0 Å². The number of aromatic nitrogens is 2. The molecule has 17 heavy (non-hydrogen) atoms. The monoisotopic (exact) mass is 250 g/mol. The molecular formula is C12H14N2O2S. The SMILES string of the molecule is COc1cccc(Cn2c(CO)c[nH]c2=S)c1. The summed E-state index contributed by atoms with van der Waals surface area (Å²) >= 11 is 5.16. The van der Waals surface area contributed by atoms with Crippen LogP contribution in [0.1, 0.15) is 11.3 Å². The van der Waals surface area contributed by atoms with E-state index in [-0.39, 0.29) is 6.61 Å². The number of nitrogens with zero attached hydrogens (tertiary/aromatic N) is 1. The van der Waals surface area contributed by atoms with Crippen molar-refractivity contribution in [3.8, 4) is 5.75 Å². The average molecular weight is 250 g/mol. The molecule has 4 nitrogen and oxygen atoms in total. The molecule has 0 bridgehead atoms. The van der Waals surface area contributed by atoms with Gasteiger partial charge in [-0.15, -0.1) is 0 Å². The molecule has 0 amide bonds. The largest absolute Gasteiger partial charge is 0.497 e. The van der Waals surface area contributed by atoms with E-state index in [4.69, 9.17) is 17.0 Å². The second-order valence-electron chi connectivity index (χ2n) is 3.68. The zero-order chi connectivity index (χ0) is 12.3. The van der Waals surface area contributed by atoms with Gasteiger partial charge in [0.1, 0.15) is 5.75 Å². The summed E-state index contributed by atoms with van der Waals surface area (Å²) in [4.78, 5) is 2.92. The molecule has 90 valence electrons. The number of benzene rings is 1. The summed E-state index contributed by atoms with van der Waals surface area (Å²) in [6.45, 7) is 0.590. The number of aromatic amines is 1. The molecule has 1 heterocycles. The Hall–Kier alpha value is -1.59. The van der Waals surface area contributed by atoms with Gasteiger partial charge in [0.25, 0.3) is 0 Å². The molecule has 2 aromatic rings. The van der Waals surface area contributed by atoms with Crippen LogP contribution in [0.4, 0.5) is 0 Å². The second kappa shape index (κ2) is 5.16. The molecule has 0 aliphatic heterocycles. The molecule has 1 aromatic heterocycles. The predicted molar refractivity (Wildman–Crippen MR) is 67.6 cm³/mol. The van der Waals surface area contributed by atoms with Crippen molar-refractivity contribution in [3.05, 3.63) is 46.5 Å². The van der Waals surface area contributed by atoms with Crippen LogP contribution < -0.4 is 4.74 Å². The molecule has 5 heteroatoms. The Kier molecular flexibility index (Phi) is 3.61. The molecule has 0 unspecified atom stereocenters. The average Bonchev–Trinajstić information content (AvgIpc) is 2.71. The highest BCUT2D eigenvalue weighted by molar-refractivity contribution is 7.71. The van der Waals surface area contributed by atoms with Gasteiger partial charge in [-0.25, -0.2) is 0 Å². The fourth-order valence-electron chi connectivity index (χ4n) is 1.69. The highest BCUT2D eigenvalue weighted by atomic mass is 32.1. The molecule has 0 atom stereocenters. The third kappa shape index (κ3) is 2.57. The summed E-state index contributed by atoms with van der Waals surface area (Å²) in [7, 11) is 1.64. The fourth-order valence-corrected chi connectivity index (χ4v) is 1.93. The molecule has 0 aliphatic carbocycles. The first-order chi connectivity index (χ1) is 8.24. The van der Waals surface area contributed by atoms with Crippen molar-refractivity contribution in [2.75, 3.05) is 7.11 Å². The summed E-state index contributed by atoms with van der Waals surface area (Å²) in [5.74, 6) is 0.815. The van der Waals surface area contributed by atoms with Gasteiger partial charge in [-0.05, 0) is 29.9 Å². The molecule has 2 rings (SSSR count). The lowest BCUT2D eigenvalue weighted by molar-refractivity contribution is 0.271. The van der Waals surface area contributed by atoms with Gasteiger partial charge in [0.2, 0.25) is 0 Å². The van der Waals surface area contributed by atoms with Crippen LogP contribution in [0.15, 0.2) is 30.5 Å². The van der Waals surface area contributed by atoms with E-state index in [9.17, 15) is 5.11 Å². The van der Waals surface area contributed by atoms with Crippen LogP contribution in [0, 0.1) is 4.77 Å². The fraction of sp³-hybridized carbons (Fsp3) is 0.250.